The Bertz CT molecular complexity index is 740. The van der Waals surface area contributed by atoms with Crippen LogP contribution in [0.3, 0.4) is 0 Å². The Morgan fingerprint density at radius 2 is 1.68 bits per heavy atom. The molecule has 122 valence electrons. The quantitative estimate of drug-likeness (QED) is 0.678. The number of aromatic carboxylic acids is 2. The van der Waals surface area contributed by atoms with Gasteiger partial charge in [0.15, 0.2) is 5.75 Å². The molecule has 0 aliphatic rings. The molecule has 9 heteroatoms. The van der Waals surface area contributed by atoms with Gasteiger partial charge in [-0.2, -0.15) is 8.42 Å². The molecule has 0 aromatic heterocycles. The van der Waals surface area contributed by atoms with Crippen LogP contribution in [0.5, 0.6) is 5.75 Å². The summed E-state index contributed by atoms with van der Waals surface area (Å²) in [6.07, 6.45) is 0.661. The van der Waals surface area contributed by atoms with E-state index in [0.29, 0.717) is 6.26 Å². The zero-order valence-corrected chi connectivity index (χ0v) is 13.2. The Morgan fingerprint density at radius 3 is 2.00 bits per heavy atom. The molecule has 0 atom stereocenters. The van der Waals surface area contributed by atoms with Crippen LogP contribution in [0, 0.1) is 6.92 Å². The highest BCUT2D eigenvalue weighted by Gasteiger charge is 2.33. The lowest BCUT2D eigenvalue weighted by Gasteiger charge is -2.25. The lowest BCUT2D eigenvalue weighted by Crippen LogP contribution is -2.25. The molecule has 0 fully saturated rings. The average molecular weight is 332 g/mol. The van der Waals surface area contributed by atoms with E-state index in [0.717, 1.165) is 6.07 Å². The van der Waals surface area contributed by atoms with Crippen LogP contribution in [0.25, 0.3) is 0 Å². The Hall–Kier alpha value is -2.13. The molecular weight excluding hydrogens is 316 g/mol. The predicted molar refractivity (Wildman–Crippen MR) is 75.8 cm³/mol. The van der Waals surface area contributed by atoms with Crippen LogP contribution in [0.1, 0.15) is 45.7 Å². The van der Waals surface area contributed by atoms with Crippen LogP contribution < -0.4 is 4.18 Å². The molecule has 0 spiro atoms. The number of carboxylic acid groups (broad SMARTS) is 2. The molecule has 0 saturated carbocycles. The van der Waals surface area contributed by atoms with Gasteiger partial charge in [0, 0.05) is 5.56 Å². The van der Waals surface area contributed by atoms with E-state index in [1.54, 1.807) is 0 Å². The predicted octanol–water partition coefficient (Wildman–Crippen LogP) is 0.957. The van der Waals surface area contributed by atoms with Gasteiger partial charge in [-0.15, -0.1) is 0 Å². The van der Waals surface area contributed by atoms with E-state index in [-0.39, 0.29) is 11.1 Å². The van der Waals surface area contributed by atoms with Crippen molar-refractivity contribution in [1.29, 1.82) is 0 Å². The first-order valence-corrected chi connectivity index (χ1v) is 7.84. The van der Waals surface area contributed by atoms with Gasteiger partial charge in [0.05, 0.1) is 11.9 Å². The second kappa shape index (κ2) is 5.58. The molecule has 0 aliphatic heterocycles. The number of benzene rings is 1. The third kappa shape index (κ3) is 3.74. The molecule has 0 amide bonds. The maximum Gasteiger partial charge on any atom is 0.339 e. The van der Waals surface area contributed by atoms with Crippen molar-refractivity contribution in [3.05, 3.63) is 28.3 Å². The monoisotopic (exact) mass is 332 g/mol. The normalized spacial score (nSPS) is 12.0. The van der Waals surface area contributed by atoms with Crippen LogP contribution in [0.4, 0.5) is 0 Å². The highest BCUT2D eigenvalue weighted by molar-refractivity contribution is 7.86. The summed E-state index contributed by atoms with van der Waals surface area (Å²) in [7, 11) is -4.17. The van der Waals surface area contributed by atoms with Crippen LogP contribution in [-0.2, 0) is 15.7 Å². The summed E-state index contributed by atoms with van der Waals surface area (Å²) in [4.78, 5) is 22.8. The van der Waals surface area contributed by atoms with Gasteiger partial charge in [-0.25, -0.2) is 9.59 Å². The van der Waals surface area contributed by atoms with Gasteiger partial charge in [-0.1, -0.05) is 0 Å². The van der Waals surface area contributed by atoms with E-state index in [9.17, 15) is 28.2 Å². The van der Waals surface area contributed by atoms with Gasteiger partial charge in [0.2, 0.25) is 0 Å². The van der Waals surface area contributed by atoms with Crippen molar-refractivity contribution in [1.82, 2.24) is 0 Å². The van der Waals surface area contributed by atoms with Gasteiger partial charge >= 0.3 is 22.1 Å². The topological polar surface area (TPSA) is 138 Å². The molecule has 1 aromatic rings. The maximum atomic E-state index is 11.5. The molecule has 0 unspecified atom stereocenters. The van der Waals surface area contributed by atoms with Crippen molar-refractivity contribution < 1.29 is 37.5 Å². The highest BCUT2D eigenvalue weighted by atomic mass is 32.2. The number of aryl methyl sites for hydroxylation is 1. The summed E-state index contributed by atoms with van der Waals surface area (Å²) < 4.78 is 27.2. The minimum Gasteiger partial charge on any atom is -0.478 e. The molecule has 1 rings (SSSR count). The van der Waals surface area contributed by atoms with Crippen molar-refractivity contribution in [2.45, 2.75) is 26.4 Å². The molecular formula is C13H16O8S. The largest absolute Gasteiger partial charge is 0.478 e. The van der Waals surface area contributed by atoms with E-state index in [1.165, 1.54) is 20.8 Å². The lowest BCUT2D eigenvalue weighted by molar-refractivity contribution is 0.0621. The molecule has 3 N–H and O–H groups in total. The highest BCUT2D eigenvalue weighted by Crippen LogP contribution is 2.37. The first-order valence-electron chi connectivity index (χ1n) is 6.02. The standard InChI is InChI=1S/C13H16O8S/c1-6-5-7(11(14)15)10(21-22(4,19)20)8(12(16)17)9(6)13(2,3)18/h5,18H,1-4H3,(H,14,15)(H,16,17). The Balaban J connectivity index is 3.98. The van der Waals surface area contributed by atoms with Gasteiger partial charge < -0.3 is 19.5 Å². The van der Waals surface area contributed by atoms with E-state index in [1.807, 2.05) is 0 Å². The van der Waals surface area contributed by atoms with Gasteiger partial charge in [0.1, 0.15) is 11.1 Å². The summed E-state index contributed by atoms with van der Waals surface area (Å²) in [5.41, 5.74) is -2.90. The van der Waals surface area contributed by atoms with Crippen LogP contribution in [0.15, 0.2) is 6.07 Å². The number of carbonyl (C=O) groups is 2. The molecule has 1 aromatic carbocycles. The summed E-state index contributed by atoms with van der Waals surface area (Å²) >= 11 is 0. The molecule has 0 radical (unpaired) electrons. The lowest BCUT2D eigenvalue weighted by atomic mass is 9.86. The fraction of sp³-hybridized carbons (Fsp3) is 0.385. The van der Waals surface area contributed by atoms with E-state index in [2.05, 4.69) is 4.18 Å². The fourth-order valence-electron chi connectivity index (χ4n) is 2.19. The second-order valence-electron chi connectivity index (χ2n) is 5.28. The van der Waals surface area contributed by atoms with Crippen molar-refractivity contribution in [3.63, 3.8) is 0 Å². The first kappa shape index (κ1) is 17.9. The third-order valence-electron chi connectivity index (χ3n) is 2.77. The molecule has 8 nitrogen and oxygen atoms in total. The Labute approximate surface area is 127 Å². The fourth-order valence-corrected chi connectivity index (χ4v) is 2.66. The molecule has 22 heavy (non-hydrogen) atoms. The minimum atomic E-state index is -4.17. The van der Waals surface area contributed by atoms with Crippen molar-refractivity contribution in [2.75, 3.05) is 6.26 Å². The number of hydrogen-bond donors (Lipinski definition) is 3. The van der Waals surface area contributed by atoms with E-state index < -0.39 is 44.5 Å². The number of hydrogen-bond acceptors (Lipinski definition) is 6. The number of carboxylic acids is 2. The molecule has 0 bridgehead atoms. The number of aliphatic hydroxyl groups is 1. The molecule has 0 heterocycles. The van der Waals surface area contributed by atoms with Crippen molar-refractivity contribution in [2.24, 2.45) is 0 Å². The van der Waals surface area contributed by atoms with Crippen LogP contribution in [0.2, 0.25) is 0 Å². The Morgan fingerprint density at radius 1 is 1.18 bits per heavy atom. The van der Waals surface area contributed by atoms with E-state index in [4.69, 9.17) is 5.11 Å². The Kier molecular flexibility index (Phi) is 4.54. The molecule has 0 saturated heterocycles. The summed E-state index contributed by atoms with van der Waals surface area (Å²) in [6, 6.07) is 1.06. The average Bonchev–Trinajstić information content (AvgIpc) is 2.26. The zero-order chi connectivity index (χ0) is 17.5. The molecule has 0 aliphatic carbocycles. The summed E-state index contributed by atoms with van der Waals surface area (Å²) in [5, 5.41) is 28.7. The number of rotatable bonds is 5. The van der Waals surface area contributed by atoms with Crippen LogP contribution >= 0.6 is 0 Å². The summed E-state index contributed by atoms with van der Waals surface area (Å²) in [6.45, 7) is 4.01. The zero-order valence-electron chi connectivity index (χ0n) is 12.4. The first-order chi connectivity index (χ1) is 9.75. The van der Waals surface area contributed by atoms with Gasteiger partial charge in [0.25, 0.3) is 0 Å². The second-order valence-corrected chi connectivity index (χ2v) is 6.85. The van der Waals surface area contributed by atoms with Crippen molar-refractivity contribution in [3.8, 4) is 5.75 Å². The van der Waals surface area contributed by atoms with Gasteiger partial charge in [-0.3, -0.25) is 0 Å². The van der Waals surface area contributed by atoms with E-state index >= 15 is 0 Å². The third-order valence-corrected chi connectivity index (χ3v) is 3.24. The maximum absolute atomic E-state index is 11.5. The smallest absolute Gasteiger partial charge is 0.339 e. The summed E-state index contributed by atoms with van der Waals surface area (Å²) in [5.74, 6) is -3.99. The SMILES string of the molecule is Cc1cc(C(=O)O)c(OS(C)(=O)=O)c(C(=O)O)c1C(C)(C)O. The van der Waals surface area contributed by atoms with Crippen molar-refractivity contribution >= 4 is 22.1 Å². The van der Waals surface area contributed by atoms with Crippen LogP contribution in [-0.4, -0.2) is 41.9 Å². The minimum absolute atomic E-state index is 0.122. The van der Waals surface area contributed by atoms with Gasteiger partial charge in [-0.05, 0) is 32.4 Å².